The third-order valence-corrected chi connectivity index (χ3v) is 3.60. The van der Waals surface area contributed by atoms with Gasteiger partial charge in [-0.25, -0.2) is 4.98 Å². The molecule has 0 aliphatic rings. The number of nitrogens with zero attached hydrogens (tertiary/aromatic N) is 2. The van der Waals surface area contributed by atoms with Gasteiger partial charge in [0.2, 0.25) is 0 Å². The van der Waals surface area contributed by atoms with E-state index in [4.69, 9.17) is 0 Å². The van der Waals surface area contributed by atoms with E-state index in [-0.39, 0.29) is 11.9 Å². The Bertz CT molecular complexity index is 554. The third kappa shape index (κ3) is 3.20. The minimum Gasteiger partial charge on any atom is -0.334 e. The Labute approximate surface area is 121 Å². The van der Waals surface area contributed by atoms with Crippen molar-refractivity contribution >= 4 is 21.8 Å². The molecule has 0 aliphatic heterocycles. The second-order valence-corrected chi connectivity index (χ2v) is 5.28. The molecule has 0 spiro atoms. The first-order valence-electron chi connectivity index (χ1n) is 6.03. The SMILES string of the molecule is CC(c1ccccc1)N(C)C(=O)c1ccc(Br)cn1. The second-order valence-electron chi connectivity index (χ2n) is 4.36. The quantitative estimate of drug-likeness (QED) is 0.865. The zero-order valence-electron chi connectivity index (χ0n) is 10.9. The third-order valence-electron chi connectivity index (χ3n) is 3.13. The van der Waals surface area contributed by atoms with Crippen LogP contribution in [0.3, 0.4) is 0 Å². The molecule has 1 aromatic carbocycles. The molecule has 0 aliphatic carbocycles. The minimum absolute atomic E-state index is 0.0131. The molecular weight excluding hydrogens is 304 g/mol. The molecule has 0 N–H and O–H groups in total. The van der Waals surface area contributed by atoms with Crippen LogP contribution in [0.4, 0.5) is 0 Å². The number of halogens is 1. The summed E-state index contributed by atoms with van der Waals surface area (Å²) in [6, 6.07) is 13.5. The summed E-state index contributed by atoms with van der Waals surface area (Å²) in [5.74, 6) is -0.0798. The van der Waals surface area contributed by atoms with Crippen LogP contribution in [-0.2, 0) is 0 Å². The molecule has 4 heteroatoms. The van der Waals surface area contributed by atoms with Crippen molar-refractivity contribution in [1.82, 2.24) is 9.88 Å². The lowest BCUT2D eigenvalue weighted by molar-refractivity contribution is 0.0736. The first-order valence-corrected chi connectivity index (χ1v) is 6.82. The number of carbonyl (C=O) groups is 1. The second kappa shape index (κ2) is 5.97. The van der Waals surface area contributed by atoms with Crippen molar-refractivity contribution in [3.63, 3.8) is 0 Å². The van der Waals surface area contributed by atoms with Gasteiger partial charge in [0, 0.05) is 17.7 Å². The Kier molecular flexibility index (Phi) is 4.32. The topological polar surface area (TPSA) is 33.2 Å². The van der Waals surface area contributed by atoms with Gasteiger partial charge in [-0.1, -0.05) is 30.3 Å². The van der Waals surface area contributed by atoms with Crippen molar-refractivity contribution in [2.45, 2.75) is 13.0 Å². The molecule has 3 nitrogen and oxygen atoms in total. The maximum absolute atomic E-state index is 12.3. The van der Waals surface area contributed by atoms with Crippen LogP contribution >= 0.6 is 15.9 Å². The molecule has 0 saturated heterocycles. The molecule has 0 saturated carbocycles. The van der Waals surface area contributed by atoms with E-state index in [1.807, 2.05) is 43.3 Å². The monoisotopic (exact) mass is 318 g/mol. The summed E-state index contributed by atoms with van der Waals surface area (Å²) < 4.78 is 0.864. The van der Waals surface area contributed by atoms with E-state index in [9.17, 15) is 4.79 Å². The van der Waals surface area contributed by atoms with Gasteiger partial charge in [0.05, 0.1) is 6.04 Å². The zero-order valence-corrected chi connectivity index (χ0v) is 12.5. The molecule has 1 atom stereocenters. The van der Waals surface area contributed by atoms with Crippen molar-refractivity contribution < 1.29 is 4.79 Å². The van der Waals surface area contributed by atoms with Crippen LogP contribution in [0.1, 0.15) is 29.0 Å². The van der Waals surface area contributed by atoms with E-state index in [0.29, 0.717) is 5.69 Å². The van der Waals surface area contributed by atoms with Crippen molar-refractivity contribution in [2.24, 2.45) is 0 Å². The Hall–Kier alpha value is -1.68. The van der Waals surface area contributed by atoms with Gasteiger partial charge < -0.3 is 4.90 Å². The smallest absolute Gasteiger partial charge is 0.272 e. The fourth-order valence-corrected chi connectivity index (χ4v) is 2.05. The number of pyridine rings is 1. The number of hydrogen-bond acceptors (Lipinski definition) is 2. The molecule has 1 aromatic heterocycles. The van der Waals surface area contributed by atoms with E-state index in [2.05, 4.69) is 20.9 Å². The number of benzene rings is 1. The molecule has 1 unspecified atom stereocenters. The van der Waals surface area contributed by atoms with Gasteiger partial charge in [0.25, 0.3) is 5.91 Å². The molecule has 19 heavy (non-hydrogen) atoms. The molecule has 2 aromatic rings. The summed E-state index contributed by atoms with van der Waals surface area (Å²) >= 11 is 3.31. The first kappa shape index (κ1) is 13.7. The summed E-state index contributed by atoms with van der Waals surface area (Å²) in [7, 11) is 1.80. The van der Waals surface area contributed by atoms with E-state index < -0.39 is 0 Å². The number of hydrogen-bond donors (Lipinski definition) is 0. The van der Waals surface area contributed by atoms with Crippen molar-refractivity contribution in [3.05, 3.63) is 64.4 Å². The Morgan fingerprint density at radius 3 is 2.47 bits per heavy atom. The van der Waals surface area contributed by atoms with Crippen molar-refractivity contribution in [2.75, 3.05) is 7.05 Å². The molecule has 0 radical (unpaired) electrons. The number of rotatable bonds is 3. The summed E-state index contributed by atoms with van der Waals surface area (Å²) in [5.41, 5.74) is 1.56. The highest BCUT2D eigenvalue weighted by atomic mass is 79.9. The predicted octanol–water partition coefficient (Wildman–Crippen LogP) is 3.68. The normalized spacial score (nSPS) is 11.9. The van der Waals surface area contributed by atoms with E-state index in [1.54, 1.807) is 24.2 Å². The Balaban J connectivity index is 2.17. The molecule has 1 heterocycles. The summed E-state index contributed by atoms with van der Waals surface area (Å²) in [5, 5.41) is 0. The first-order chi connectivity index (χ1) is 9.09. The van der Waals surface area contributed by atoms with Crippen molar-refractivity contribution in [1.29, 1.82) is 0 Å². The molecule has 0 bridgehead atoms. The standard InChI is InChI=1S/C15H15BrN2O/c1-11(12-6-4-3-5-7-12)18(2)15(19)14-9-8-13(16)10-17-14/h3-11H,1-2H3. The molecule has 0 fully saturated rings. The molecular formula is C15H15BrN2O. The lowest BCUT2D eigenvalue weighted by Crippen LogP contribution is -2.30. The van der Waals surface area contributed by atoms with Gasteiger partial charge in [-0.3, -0.25) is 4.79 Å². The number of carbonyl (C=O) groups excluding carboxylic acids is 1. The lowest BCUT2D eigenvalue weighted by atomic mass is 10.1. The van der Waals surface area contributed by atoms with Gasteiger partial charge in [-0.2, -0.15) is 0 Å². The average Bonchev–Trinajstić information content (AvgIpc) is 2.46. The van der Waals surface area contributed by atoms with E-state index in [1.165, 1.54) is 0 Å². The van der Waals surface area contributed by atoms with Crippen molar-refractivity contribution in [3.8, 4) is 0 Å². The van der Waals surface area contributed by atoms with Crippen LogP contribution < -0.4 is 0 Å². The molecule has 1 amide bonds. The number of amides is 1. The van der Waals surface area contributed by atoms with E-state index in [0.717, 1.165) is 10.0 Å². The highest BCUT2D eigenvalue weighted by Crippen LogP contribution is 2.20. The fraction of sp³-hybridized carbons (Fsp3) is 0.200. The molecule has 98 valence electrons. The van der Waals surface area contributed by atoms with E-state index >= 15 is 0 Å². The highest BCUT2D eigenvalue weighted by molar-refractivity contribution is 9.10. The number of aromatic nitrogens is 1. The minimum atomic E-state index is -0.0798. The van der Waals surface area contributed by atoms with Crippen LogP contribution in [0.5, 0.6) is 0 Å². The Morgan fingerprint density at radius 1 is 1.21 bits per heavy atom. The van der Waals surface area contributed by atoms with Crippen LogP contribution in [0.15, 0.2) is 53.1 Å². The van der Waals surface area contributed by atoms with Gasteiger partial charge >= 0.3 is 0 Å². The van der Waals surface area contributed by atoms with Gasteiger partial charge in [-0.05, 0) is 40.5 Å². The average molecular weight is 319 g/mol. The van der Waals surface area contributed by atoms with Crippen LogP contribution in [-0.4, -0.2) is 22.8 Å². The van der Waals surface area contributed by atoms with Crippen LogP contribution in [0.2, 0.25) is 0 Å². The zero-order chi connectivity index (χ0) is 13.8. The maximum atomic E-state index is 12.3. The largest absolute Gasteiger partial charge is 0.334 e. The lowest BCUT2D eigenvalue weighted by Gasteiger charge is -2.25. The molecule has 2 rings (SSSR count). The van der Waals surface area contributed by atoms with Crippen LogP contribution in [0.25, 0.3) is 0 Å². The highest BCUT2D eigenvalue weighted by Gasteiger charge is 2.19. The summed E-state index contributed by atoms with van der Waals surface area (Å²) in [6.45, 7) is 2.01. The van der Waals surface area contributed by atoms with Gasteiger partial charge in [0.1, 0.15) is 5.69 Å². The summed E-state index contributed by atoms with van der Waals surface area (Å²) in [4.78, 5) is 18.2. The van der Waals surface area contributed by atoms with Crippen LogP contribution in [0, 0.1) is 0 Å². The summed E-state index contributed by atoms with van der Waals surface area (Å²) in [6.07, 6.45) is 1.63. The Morgan fingerprint density at radius 2 is 1.89 bits per heavy atom. The fourth-order valence-electron chi connectivity index (χ4n) is 1.81. The van der Waals surface area contributed by atoms with Gasteiger partial charge in [0.15, 0.2) is 0 Å². The van der Waals surface area contributed by atoms with Gasteiger partial charge in [-0.15, -0.1) is 0 Å². The predicted molar refractivity (Wildman–Crippen MR) is 78.9 cm³/mol. The maximum Gasteiger partial charge on any atom is 0.272 e.